The molecule has 0 bridgehead atoms. The molecule has 0 heterocycles. The standard InChI is InChI=1S/C16H14ClNOS/c17-16-4-2-1-3-14(16)12-20-10-9-19-15-7-5-13(11-18)6-8-15/h1-8H,9-10,12H2. The Kier molecular flexibility index (Phi) is 5.79. The maximum absolute atomic E-state index is 8.70. The molecule has 0 fully saturated rings. The van der Waals surface area contributed by atoms with E-state index < -0.39 is 0 Å². The monoisotopic (exact) mass is 303 g/mol. The van der Waals surface area contributed by atoms with Crippen LogP contribution in [-0.2, 0) is 5.75 Å². The third-order valence-corrected chi connectivity index (χ3v) is 4.03. The van der Waals surface area contributed by atoms with Gasteiger partial charge in [-0.05, 0) is 35.9 Å². The molecular weight excluding hydrogens is 290 g/mol. The number of halogens is 1. The number of benzene rings is 2. The first-order valence-corrected chi connectivity index (χ1v) is 7.77. The van der Waals surface area contributed by atoms with E-state index in [1.165, 1.54) is 0 Å². The van der Waals surface area contributed by atoms with Gasteiger partial charge in [0, 0.05) is 16.5 Å². The summed E-state index contributed by atoms with van der Waals surface area (Å²) in [5.74, 6) is 2.57. The summed E-state index contributed by atoms with van der Waals surface area (Å²) in [5, 5.41) is 9.51. The van der Waals surface area contributed by atoms with Gasteiger partial charge in [0.2, 0.25) is 0 Å². The minimum absolute atomic E-state index is 0.640. The Morgan fingerprint density at radius 3 is 2.55 bits per heavy atom. The lowest BCUT2D eigenvalue weighted by Crippen LogP contribution is -2.00. The van der Waals surface area contributed by atoms with Crippen LogP contribution in [0.4, 0.5) is 0 Å². The van der Waals surface area contributed by atoms with Gasteiger partial charge >= 0.3 is 0 Å². The van der Waals surface area contributed by atoms with Gasteiger partial charge in [-0.25, -0.2) is 0 Å². The predicted molar refractivity (Wildman–Crippen MR) is 84.3 cm³/mol. The highest BCUT2D eigenvalue weighted by Gasteiger charge is 1.99. The van der Waals surface area contributed by atoms with E-state index in [2.05, 4.69) is 6.07 Å². The van der Waals surface area contributed by atoms with Crippen LogP contribution in [0.5, 0.6) is 5.75 Å². The fourth-order valence-corrected chi connectivity index (χ4v) is 2.74. The minimum Gasteiger partial charge on any atom is -0.493 e. The smallest absolute Gasteiger partial charge is 0.119 e. The van der Waals surface area contributed by atoms with Crippen molar-refractivity contribution >= 4 is 23.4 Å². The summed E-state index contributed by atoms with van der Waals surface area (Å²) in [6.45, 7) is 0.640. The average Bonchev–Trinajstić information content (AvgIpc) is 2.49. The van der Waals surface area contributed by atoms with Gasteiger partial charge in [-0.3, -0.25) is 0 Å². The summed E-state index contributed by atoms with van der Waals surface area (Å²) in [6, 6.07) is 17.1. The van der Waals surface area contributed by atoms with Gasteiger partial charge in [-0.2, -0.15) is 17.0 Å². The molecule has 4 heteroatoms. The molecule has 20 heavy (non-hydrogen) atoms. The molecule has 0 N–H and O–H groups in total. The van der Waals surface area contributed by atoms with Gasteiger partial charge in [0.25, 0.3) is 0 Å². The molecule has 0 amide bonds. The zero-order valence-corrected chi connectivity index (χ0v) is 12.5. The number of nitriles is 1. The molecule has 0 aromatic heterocycles. The van der Waals surface area contributed by atoms with Crippen LogP contribution in [0.25, 0.3) is 0 Å². The summed E-state index contributed by atoms with van der Waals surface area (Å²) in [4.78, 5) is 0. The van der Waals surface area contributed by atoms with Crippen LogP contribution < -0.4 is 4.74 Å². The first-order chi connectivity index (χ1) is 9.79. The van der Waals surface area contributed by atoms with Crippen LogP contribution in [0.2, 0.25) is 5.02 Å². The van der Waals surface area contributed by atoms with Gasteiger partial charge in [-0.15, -0.1) is 0 Å². The van der Waals surface area contributed by atoms with Crippen LogP contribution in [0.3, 0.4) is 0 Å². The van der Waals surface area contributed by atoms with E-state index in [0.717, 1.165) is 27.8 Å². The van der Waals surface area contributed by atoms with Gasteiger partial charge in [0.05, 0.1) is 18.2 Å². The normalized spacial score (nSPS) is 10.0. The summed E-state index contributed by atoms with van der Waals surface area (Å²) in [5.41, 5.74) is 1.79. The SMILES string of the molecule is N#Cc1ccc(OCCSCc2ccccc2Cl)cc1. The molecule has 0 atom stereocenters. The van der Waals surface area contributed by atoms with Crippen molar-refractivity contribution in [2.75, 3.05) is 12.4 Å². The van der Waals surface area contributed by atoms with E-state index in [1.807, 2.05) is 36.4 Å². The molecule has 0 saturated heterocycles. The maximum atomic E-state index is 8.70. The second-order valence-electron chi connectivity index (χ2n) is 4.13. The van der Waals surface area contributed by atoms with Crippen LogP contribution in [0.15, 0.2) is 48.5 Å². The first kappa shape index (κ1) is 14.8. The molecule has 0 aliphatic rings. The van der Waals surface area contributed by atoms with Crippen molar-refractivity contribution < 1.29 is 4.74 Å². The third-order valence-electron chi connectivity index (χ3n) is 2.70. The Morgan fingerprint density at radius 2 is 1.85 bits per heavy atom. The van der Waals surface area contributed by atoms with Crippen LogP contribution in [0, 0.1) is 11.3 Å². The number of hydrogen-bond donors (Lipinski definition) is 0. The minimum atomic E-state index is 0.640. The van der Waals surface area contributed by atoms with Crippen LogP contribution in [0.1, 0.15) is 11.1 Å². The van der Waals surface area contributed by atoms with Crippen molar-refractivity contribution in [3.05, 3.63) is 64.7 Å². The maximum Gasteiger partial charge on any atom is 0.119 e. The third kappa shape index (κ3) is 4.48. The summed E-state index contributed by atoms with van der Waals surface area (Å²) in [7, 11) is 0. The largest absolute Gasteiger partial charge is 0.493 e. The molecule has 102 valence electrons. The lowest BCUT2D eigenvalue weighted by molar-refractivity contribution is 0.344. The molecule has 0 aliphatic carbocycles. The highest BCUT2D eigenvalue weighted by Crippen LogP contribution is 2.20. The predicted octanol–water partition coefficient (Wildman–Crippen LogP) is 4.52. The molecule has 2 aromatic rings. The van der Waals surface area contributed by atoms with E-state index in [9.17, 15) is 0 Å². The lowest BCUT2D eigenvalue weighted by Gasteiger charge is -2.07. The molecule has 0 unspecified atom stereocenters. The van der Waals surface area contributed by atoms with Crippen molar-refractivity contribution in [2.45, 2.75) is 5.75 Å². The zero-order chi connectivity index (χ0) is 14.2. The van der Waals surface area contributed by atoms with Gasteiger partial charge in [0.15, 0.2) is 0 Å². The molecule has 0 spiro atoms. The van der Waals surface area contributed by atoms with E-state index in [0.29, 0.717) is 12.2 Å². The zero-order valence-electron chi connectivity index (χ0n) is 10.9. The number of nitrogens with zero attached hydrogens (tertiary/aromatic N) is 1. The van der Waals surface area contributed by atoms with Crippen molar-refractivity contribution in [3.8, 4) is 11.8 Å². The molecule has 0 aliphatic heterocycles. The Hall–Kier alpha value is -1.63. The Labute approximate surface area is 128 Å². The molecule has 2 aromatic carbocycles. The van der Waals surface area contributed by atoms with E-state index in [1.54, 1.807) is 23.9 Å². The summed E-state index contributed by atoms with van der Waals surface area (Å²) in [6.07, 6.45) is 0. The number of hydrogen-bond acceptors (Lipinski definition) is 3. The summed E-state index contributed by atoms with van der Waals surface area (Å²) < 4.78 is 5.61. The van der Waals surface area contributed by atoms with Crippen LogP contribution >= 0.6 is 23.4 Å². The number of rotatable bonds is 6. The van der Waals surface area contributed by atoms with Crippen molar-refractivity contribution in [1.29, 1.82) is 5.26 Å². The quantitative estimate of drug-likeness (QED) is 0.735. The summed E-state index contributed by atoms with van der Waals surface area (Å²) >= 11 is 7.88. The van der Waals surface area contributed by atoms with E-state index >= 15 is 0 Å². The molecule has 2 rings (SSSR count). The van der Waals surface area contributed by atoms with E-state index in [-0.39, 0.29) is 0 Å². The molecule has 2 nitrogen and oxygen atoms in total. The molecule has 0 radical (unpaired) electrons. The highest BCUT2D eigenvalue weighted by molar-refractivity contribution is 7.98. The van der Waals surface area contributed by atoms with Crippen molar-refractivity contribution in [3.63, 3.8) is 0 Å². The Morgan fingerprint density at radius 1 is 1.10 bits per heavy atom. The molecule has 0 saturated carbocycles. The topological polar surface area (TPSA) is 33.0 Å². The second kappa shape index (κ2) is 7.84. The van der Waals surface area contributed by atoms with E-state index in [4.69, 9.17) is 21.6 Å². The highest BCUT2D eigenvalue weighted by atomic mass is 35.5. The molecular formula is C16H14ClNOS. The van der Waals surface area contributed by atoms with Crippen LogP contribution in [-0.4, -0.2) is 12.4 Å². The fraction of sp³-hybridized carbons (Fsp3) is 0.188. The van der Waals surface area contributed by atoms with Crippen molar-refractivity contribution in [1.82, 2.24) is 0 Å². The fourth-order valence-electron chi connectivity index (χ4n) is 1.64. The van der Waals surface area contributed by atoms with Gasteiger partial charge < -0.3 is 4.74 Å². The van der Waals surface area contributed by atoms with Gasteiger partial charge in [0.1, 0.15) is 5.75 Å². The van der Waals surface area contributed by atoms with Crippen molar-refractivity contribution in [2.24, 2.45) is 0 Å². The lowest BCUT2D eigenvalue weighted by atomic mass is 10.2. The number of thioether (sulfide) groups is 1. The number of ether oxygens (including phenoxy) is 1. The Balaban J connectivity index is 1.69. The second-order valence-corrected chi connectivity index (χ2v) is 5.64. The van der Waals surface area contributed by atoms with Gasteiger partial charge in [-0.1, -0.05) is 29.8 Å². The Bertz CT molecular complexity index is 592. The first-order valence-electron chi connectivity index (χ1n) is 6.24. The average molecular weight is 304 g/mol.